The Hall–Kier alpha value is -1.10. The molecular weight excluding hydrogens is 276 g/mol. The molecule has 1 amide bonds. The smallest absolute Gasteiger partial charge is 0.251 e. The summed E-state index contributed by atoms with van der Waals surface area (Å²) in [5.41, 5.74) is 1.72. The minimum atomic E-state index is -0.00139. The zero-order valence-corrected chi connectivity index (χ0v) is 12.8. The number of halogens is 1. The third kappa shape index (κ3) is 4.47. The summed E-state index contributed by atoms with van der Waals surface area (Å²) in [7, 11) is 1.65. The van der Waals surface area contributed by atoms with Crippen LogP contribution in [0.3, 0.4) is 0 Å². The van der Waals surface area contributed by atoms with Crippen LogP contribution >= 0.6 is 12.4 Å². The van der Waals surface area contributed by atoms with Crippen LogP contribution in [0.5, 0.6) is 0 Å². The van der Waals surface area contributed by atoms with E-state index in [0.29, 0.717) is 18.1 Å². The maximum atomic E-state index is 12.2. The van der Waals surface area contributed by atoms with Gasteiger partial charge in [0.2, 0.25) is 0 Å². The van der Waals surface area contributed by atoms with Crippen LogP contribution in [0.4, 0.5) is 0 Å². The van der Waals surface area contributed by atoms with Crippen molar-refractivity contribution in [2.75, 3.05) is 20.2 Å². The van der Waals surface area contributed by atoms with Crippen LogP contribution in [0.25, 0.3) is 0 Å². The lowest BCUT2D eigenvalue weighted by molar-refractivity contribution is 0.0915. The van der Waals surface area contributed by atoms with E-state index in [9.17, 15) is 4.79 Å². The number of piperidine rings is 1. The molecule has 0 saturated carbocycles. The number of carbonyl (C=O) groups is 1. The maximum absolute atomic E-state index is 12.2. The molecule has 2 atom stereocenters. The Morgan fingerprint density at radius 3 is 3.00 bits per heavy atom. The summed E-state index contributed by atoms with van der Waals surface area (Å²) >= 11 is 0. The maximum Gasteiger partial charge on any atom is 0.251 e. The van der Waals surface area contributed by atoms with Gasteiger partial charge in [0.25, 0.3) is 5.91 Å². The molecule has 0 radical (unpaired) electrons. The Morgan fingerprint density at radius 1 is 1.50 bits per heavy atom. The Morgan fingerprint density at radius 2 is 2.30 bits per heavy atom. The van der Waals surface area contributed by atoms with Crippen LogP contribution < -0.4 is 10.6 Å². The summed E-state index contributed by atoms with van der Waals surface area (Å²) in [5.74, 6) is 0.519. The van der Waals surface area contributed by atoms with E-state index in [4.69, 9.17) is 4.74 Å². The van der Waals surface area contributed by atoms with Crippen molar-refractivity contribution < 1.29 is 9.53 Å². The quantitative estimate of drug-likeness (QED) is 0.894. The highest BCUT2D eigenvalue weighted by Gasteiger charge is 2.22. The van der Waals surface area contributed by atoms with Gasteiger partial charge in [-0.1, -0.05) is 19.1 Å². The molecule has 112 valence electrons. The largest absolute Gasteiger partial charge is 0.380 e. The van der Waals surface area contributed by atoms with E-state index in [1.54, 1.807) is 7.11 Å². The molecule has 4 nitrogen and oxygen atoms in total. The number of rotatable bonds is 4. The average Bonchev–Trinajstić information content (AvgIpc) is 2.42. The van der Waals surface area contributed by atoms with Crippen molar-refractivity contribution in [3.8, 4) is 0 Å². The number of methoxy groups -OCH3 is 1. The summed E-state index contributed by atoms with van der Waals surface area (Å²) in [6.45, 7) is 4.61. The fourth-order valence-corrected chi connectivity index (χ4v) is 2.40. The van der Waals surface area contributed by atoms with Gasteiger partial charge >= 0.3 is 0 Å². The third-order valence-corrected chi connectivity index (χ3v) is 3.64. The van der Waals surface area contributed by atoms with E-state index in [2.05, 4.69) is 17.6 Å². The molecular formula is C15H23ClN2O2. The molecule has 1 aliphatic heterocycles. The molecule has 2 N–H and O–H groups in total. The molecule has 0 bridgehead atoms. The molecule has 2 unspecified atom stereocenters. The van der Waals surface area contributed by atoms with E-state index in [1.165, 1.54) is 0 Å². The Bertz CT molecular complexity index is 440. The van der Waals surface area contributed by atoms with Crippen LogP contribution in [0.2, 0.25) is 0 Å². The molecule has 1 saturated heterocycles. The normalized spacial score (nSPS) is 21.9. The van der Waals surface area contributed by atoms with Gasteiger partial charge in [-0.05, 0) is 36.6 Å². The van der Waals surface area contributed by atoms with Crippen molar-refractivity contribution in [1.29, 1.82) is 0 Å². The van der Waals surface area contributed by atoms with Gasteiger partial charge in [0.15, 0.2) is 0 Å². The molecule has 0 spiro atoms. The van der Waals surface area contributed by atoms with E-state index in [0.717, 1.165) is 25.1 Å². The Kier molecular flexibility index (Phi) is 6.99. The number of ether oxygens (including phenoxy) is 1. The Balaban J connectivity index is 0.00000200. The molecule has 1 aromatic rings. The van der Waals surface area contributed by atoms with E-state index in [1.807, 2.05) is 24.3 Å². The predicted molar refractivity (Wildman–Crippen MR) is 82.3 cm³/mol. The van der Waals surface area contributed by atoms with Crippen LogP contribution in [0.15, 0.2) is 24.3 Å². The molecule has 1 fully saturated rings. The van der Waals surface area contributed by atoms with Gasteiger partial charge in [-0.25, -0.2) is 0 Å². The van der Waals surface area contributed by atoms with Gasteiger partial charge in [0.05, 0.1) is 6.61 Å². The summed E-state index contributed by atoms with van der Waals surface area (Å²) in [6, 6.07) is 7.80. The third-order valence-electron chi connectivity index (χ3n) is 3.64. The number of hydrogen-bond acceptors (Lipinski definition) is 3. The second-order valence-corrected chi connectivity index (χ2v) is 5.18. The zero-order valence-electron chi connectivity index (χ0n) is 12.0. The first-order valence-corrected chi connectivity index (χ1v) is 6.80. The molecule has 5 heteroatoms. The van der Waals surface area contributed by atoms with Gasteiger partial charge in [0, 0.05) is 25.3 Å². The van der Waals surface area contributed by atoms with Crippen molar-refractivity contribution in [3.63, 3.8) is 0 Å². The molecule has 0 aromatic heterocycles. The van der Waals surface area contributed by atoms with E-state index in [-0.39, 0.29) is 24.4 Å². The van der Waals surface area contributed by atoms with Crippen LogP contribution in [0.1, 0.15) is 29.3 Å². The van der Waals surface area contributed by atoms with Crippen LogP contribution in [-0.4, -0.2) is 32.1 Å². The lowest BCUT2D eigenvalue weighted by Gasteiger charge is -2.30. The van der Waals surface area contributed by atoms with E-state index < -0.39 is 0 Å². The fourth-order valence-electron chi connectivity index (χ4n) is 2.40. The summed E-state index contributed by atoms with van der Waals surface area (Å²) < 4.78 is 5.09. The van der Waals surface area contributed by atoms with Gasteiger partial charge in [-0.15, -0.1) is 12.4 Å². The second-order valence-electron chi connectivity index (χ2n) is 5.18. The number of benzene rings is 1. The highest BCUT2D eigenvalue weighted by Crippen LogP contribution is 2.13. The van der Waals surface area contributed by atoms with Gasteiger partial charge in [0.1, 0.15) is 0 Å². The molecule has 1 aliphatic rings. The van der Waals surface area contributed by atoms with Crippen molar-refractivity contribution in [2.45, 2.75) is 26.0 Å². The standard InChI is InChI=1S/C15H22N2O2.ClH/c1-11-6-7-16-9-14(11)17-15(18)13-5-3-4-12(8-13)10-19-2;/h3-5,8,11,14,16H,6-7,9-10H2,1-2H3,(H,17,18);1H. The lowest BCUT2D eigenvalue weighted by Crippen LogP contribution is -2.50. The molecule has 20 heavy (non-hydrogen) atoms. The van der Waals surface area contributed by atoms with Crippen LogP contribution in [0, 0.1) is 5.92 Å². The molecule has 2 rings (SSSR count). The first-order valence-electron chi connectivity index (χ1n) is 6.80. The van der Waals surface area contributed by atoms with Gasteiger partial charge < -0.3 is 15.4 Å². The van der Waals surface area contributed by atoms with E-state index >= 15 is 0 Å². The molecule has 0 aliphatic carbocycles. The predicted octanol–water partition coefficient (Wildman–Crippen LogP) is 1.98. The van der Waals surface area contributed by atoms with Crippen molar-refractivity contribution in [2.24, 2.45) is 5.92 Å². The van der Waals surface area contributed by atoms with Crippen molar-refractivity contribution in [1.82, 2.24) is 10.6 Å². The number of nitrogens with one attached hydrogen (secondary N) is 2. The minimum Gasteiger partial charge on any atom is -0.380 e. The van der Waals surface area contributed by atoms with Gasteiger partial charge in [-0.2, -0.15) is 0 Å². The molecule has 1 heterocycles. The average molecular weight is 299 g/mol. The zero-order chi connectivity index (χ0) is 13.7. The van der Waals surface area contributed by atoms with Crippen molar-refractivity contribution >= 4 is 18.3 Å². The summed E-state index contributed by atoms with van der Waals surface area (Å²) in [6.07, 6.45) is 1.11. The monoisotopic (exact) mass is 298 g/mol. The van der Waals surface area contributed by atoms with Crippen molar-refractivity contribution in [3.05, 3.63) is 35.4 Å². The number of amides is 1. The number of hydrogen-bond donors (Lipinski definition) is 2. The summed E-state index contributed by atoms with van der Waals surface area (Å²) in [5, 5.41) is 6.43. The van der Waals surface area contributed by atoms with Crippen LogP contribution in [-0.2, 0) is 11.3 Å². The fraction of sp³-hybridized carbons (Fsp3) is 0.533. The topological polar surface area (TPSA) is 50.4 Å². The Labute approximate surface area is 126 Å². The summed E-state index contributed by atoms with van der Waals surface area (Å²) in [4.78, 5) is 12.2. The lowest BCUT2D eigenvalue weighted by atomic mass is 9.94. The SMILES string of the molecule is COCc1cccc(C(=O)NC2CNCCC2C)c1.Cl. The second kappa shape index (κ2) is 8.25. The first-order chi connectivity index (χ1) is 9.20. The highest BCUT2D eigenvalue weighted by molar-refractivity contribution is 5.94. The number of carbonyl (C=O) groups excluding carboxylic acids is 1. The highest BCUT2D eigenvalue weighted by atomic mass is 35.5. The minimum absolute atomic E-state index is 0. The molecule has 1 aromatic carbocycles. The van der Waals surface area contributed by atoms with Gasteiger partial charge in [-0.3, -0.25) is 4.79 Å². The first kappa shape index (κ1) is 17.0.